The van der Waals surface area contributed by atoms with Gasteiger partial charge in [-0.2, -0.15) is 11.8 Å². The van der Waals surface area contributed by atoms with Crippen LogP contribution in [0.25, 0.3) is 0 Å². The Hall–Kier alpha value is -0.550. The summed E-state index contributed by atoms with van der Waals surface area (Å²) in [7, 11) is 0. The standard InChI is InChI=1S/C10H11BrN2OS/c11-9-5-7(1-3-12-9)10(14)13-8-2-4-15-6-8/h1,3,5,8H,2,4,6H2,(H,13,14). The molecular formula is C10H11BrN2OS. The zero-order chi connectivity index (χ0) is 10.7. The largest absolute Gasteiger partial charge is 0.348 e. The van der Waals surface area contributed by atoms with Crippen LogP contribution in [0, 0.1) is 0 Å². The number of rotatable bonds is 2. The summed E-state index contributed by atoms with van der Waals surface area (Å²) >= 11 is 5.13. The third-order valence-corrected chi connectivity index (χ3v) is 3.85. The maximum atomic E-state index is 11.8. The summed E-state index contributed by atoms with van der Waals surface area (Å²) in [5.74, 6) is 2.16. The van der Waals surface area contributed by atoms with Gasteiger partial charge >= 0.3 is 0 Å². The van der Waals surface area contributed by atoms with Gasteiger partial charge in [-0.05, 0) is 40.2 Å². The van der Waals surface area contributed by atoms with Crippen LogP contribution in [0.2, 0.25) is 0 Å². The van der Waals surface area contributed by atoms with E-state index in [1.165, 1.54) is 0 Å². The third-order valence-electron chi connectivity index (χ3n) is 2.25. The van der Waals surface area contributed by atoms with E-state index in [0.29, 0.717) is 16.2 Å². The molecule has 0 spiro atoms. The number of thioether (sulfide) groups is 1. The van der Waals surface area contributed by atoms with E-state index in [-0.39, 0.29) is 5.91 Å². The Morgan fingerprint density at radius 2 is 2.53 bits per heavy atom. The summed E-state index contributed by atoms with van der Waals surface area (Å²) in [6.07, 6.45) is 2.70. The number of nitrogens with one attached hydrogen (secondary N) is 1. The first-order valence-corrected chi connectivity index (χ1v) is 6.70. The minimum atomic E-state index is -0.00870. The van der Waals surface area contributed by atoms with Crippen LogP contribution in [0.5, 0.6) is 0 Å². The van der Waals surface area contributed by atoms with Gasteiger partial charge in [0.05, 0.1) is 0 Å². The Labute approximate surface area is 101 Å². The third kappa shape index (κ3) is 2.95. The van der Waals surface area contributed by atoms with Gasteiger partial charge in [-0.25, -0.2) is 4.98 Å². The zero-order valence-corrected chi connectivity index (χ0v) is 10.5. The van der Waals surface area contributed by atoms with E-state index in [0.717, 1.165) is 17.9 Å². The number of carbonyl (C=O) groups is 1. The first-order valence-electron chi connectivity index (χ1n) is 4.76. The molecule has 0 radical (unpaired) electrons. The fraction of sp³-hybridized carbons (Fsp3) is 0.400. The number of carbonyl (C=O) groups excluding carboxylic acids is 1. The molecule has 5 heteroatoms. The molecule has 1 aliphatic rings. The molecule has 0 saturated carbocycles. The molecule has 1 aromatic rings. The van der Waals surface area contributed by atoms with Crippen molar-refractivity contribution < 1.29 is 4.79 Å². The van der Waals surface area contributed by atoms with Crippen molar-refractivity contribution in [2.24, 2.45) is 0 Å². The molecule has 1 aromatic heterocycles. The van der Waals surface area contributed by atoms with E-state index in [4.69, 9.17) is 0 Å². The van der Waals surface area contributed by atoms with Crippen molar-refractivity contribution in [1.29, 1.82) is 0 Å². The van der Waals surface area contributed by atoms with Gasteiger partial charge in [-0.15, -0.1) is 0 Å². The molecule has 1 atom stereocenters. The Morgan fingerprint density at radius 1 is 1.67 bits per heavy atom. The normalized spacial score (nSPS) is 20.2. The van der Waals surface area contributed by atoms with Gasteiger partial charge in [0.2, 0.25) is 0 Å². The molecule has 80 valence electrons. The highest BCUT2D eigenvalue weighted by Gasteiger charge is 2.18. The van der Waals surface area contributed by atoms with Crippen LogP contribution in [0.4, 0.5) is 0 Å². The topological polar surface area (TPSA) is 42.0 Å². The van der Waals surface area contributed by atoms with Crippen LogP contribution in [0.3, 0.4) is 0 Å². The van der Waals surface area contributed by atoms with Crippen molar-refractivity contribution in [3.63, 3.8) is 0 Å². The predicted octanol–water partition coefficient (Wildman–Crippen LogP) is 2.08. The van der Waals surface area contributed by atoms with Gasteiger partial charge in [0.1, 0.15) is 4.60 Å². The second-order valence-corrected chi connectivity index (χ2v) is 5.36. The first kappa shape index (κ1) is 11.0. The summed E-state index contributed by atoms with van der Waals surface area (Å²) in [5, 5.41) is 3.01. The minimum Gasteiger partial charge on any atom is -0.348 e. The summed E-state index contributed by atoms with van der Waals surface area (Å²) < 4.78 is 0.691. The number of hydrogen-bond donors (Lipinski definition) is 1. The van der Waals surface area contributed by atoms with E-state index in [9.17, 15) is 4.79 Å². The highest BCUT2D eigenvalue weighted by atomic mass is 79.9. The first-order chi connectivity index (χ1) is 7.25. The van der Waals surface area contributed by atoms with Crippen LogP contribution in [0.15, 0.2) is 22.9 Å². The second-order valence-electron chi connectivity index (χ2n) is 3.40. The number of nitrogens with zero attached hydrogens (tertiary/aromatic N) is 1. The summed E-state index contributed by atoms with van der Waals surface area (Å²) in [6, 6.07) is 3.79. The van der Waals surface area contributed by atoms with E-state index in [1.54, 1.807) is 18.3 Å². The summed E-state index contributed by atoms with van der Waals surface area (Å²) in [4.78, 5) is 15.8. The van der Waals surface area contributed by atoms with Crippen LogP contribution < -0.4 is 5.32 Å². The van der Waals surface area contributed by atoms with Crippen molar-refractivity contribution in [3.05, 3.63) is 28.5 Å². The number of amides is 1. The van der Waals surface area contributed by atoms with Gasteiger partial charge < -0.3 is 5.32 Å². The molecule has 15 heavy (non-hydrogen) atoms. The van der Waals surface area contributed by atoms with Crippen molar-refractivity contribution in [1.82, 2.24) is 10.3 Å². The average Bonchev–Trinajstić information content (AvgIpc) is 2.70. The van der Waals surface area contributed by atoms with Crippen LogP contribution in [-0.4, -0.2) is 28.4 Å². The molecule has 1 aliphatic heterocycles. The Bertz CT molecular complexity index is 366. The highest BCUT2D eigenvalue weighted by Crippen LogP contribution is 2.17. The van der Waals surface area contributed by atoms with Crippen LogP contribution in [0.1, 0.15) is 16.8 Å². The van der Waals surface area contributed by atoms with Gasteiger partial charge in [-0.3, -0.25) is 4.79 Å². The van der Waals surface area contributed by atoms with Gasteiger partial charge in [0.25, 0.3) is 5.91 Å². The maximum Gasteiger partial charge on any atom is 0.251 e. The quantitative estimate of drug-likeness (QED) is 0.847. The van der Waals surface area contributed by atoms with Gasteiger partial charge in [0, 0.05) is 23.6 Å². The lowest BCUT2D eigenvalue weighted by atomic mass is 10.2. The van der Waals surface area contributed by atoms with Crippen molar-refractivity contribution >= 4 is 33.6 Å². The van der Waals surface area contributed by atoms with E-state index in [2.05, 4.69) is 26.2 Å². The zero-order valence-electron chi connectivity index (χ0n) is 8.07. The minimum absolute atomic E-state index is 0.00870. The number of pyridine rings is 1. The van der Waals surface area contributed by atoms with Crippen molar-refractivity contribution in [2.45, 2.75) is 12.5 Å². The fourth-order valence-electron chi connectivity index (χ4n) is 1.46. The lowest BCUT2D eigenvalue weighted by molar-refractivity contribution is 0.0941. The Morgan fingerprint density at radius 3 is 3.20 bits per heavy atom. The molecule has 3 nitrogen and oxygen atoms in total. The highest BCUT2D eigenvalue weighted by molar-refractivity contribution is 9.10. The second kappa shape index (κ2) is 4.99. The maximum absolute atomic E-state index is 11.8. The van der Waals surface area contributed by atoms with Gasteiger partial charge in [0.15, 0.2) is 0 Å². The smallest absolute Gasteiger partial charge is 0.251 e. The molecule has 2 rings (SSSR count). The molecule has 0 aromatic carbocycles. The summed E-state index contributed by atoms with van der Waals surface area (Å²) in [6.45, 7) is 0. The molecule has 1 fully saturated rings. The molecule has 1 N–H and O–H groups in total. The monoisotopic (exact) mass is 286 g/mol. The van der Waals surface area contributed by atoms with E-state index < -0.39 is 0 Å². The molecule has 1 amide bonds. The van der Waals surface area contributed by atoms with E-state index in [1.807, 2.05) is 11.8 Å². The number of halogens is 1. The SMILES string of the molecule is O=C(NC1CCSC1)c1ccnc(Br)c1. The molecule has 2 heterocycles. The fourth-order valence-corrected chi connectivity index (χ4v) is 2.98. The van der Waals surface area contributed by atoms with Crippen LogP contribution >= 0.6 is 27.7 Å². The lowest BCUT2D eigenvalue weighted by Crippen LogP contribution is -2.34. The lowest BCUT2D eigenvalue weighted by Gasteiger charge is -2.10. The van der Waals surface area contributed by atoms with Crippen LogP contribution in [-0.2, 0) is 0 Å². The summed E-state index contributed by atoms with van der Waals surface area (Å²) in [5.41, 5.74) is 0.661. The Balaban J connectivity index is 2.01. The predicted molar refractivity (Wildman–Crippen MR) is 65.1 cm³/mol. The molecule has 1 unspecified atom stereocenters. The molecule has 0 aliphatic carbocycles. The molecule has 0 bridgehead atoms. The average molecular weight is 287 g/mol. The Kier molecular flexibility index (Phi) is 3.64. The van der Waals surface area contributed by atoms with E-state index >= 15 is 0 Å². The van der Waals surface area contributed by atoms with Gasteiger partial charge in [-0.1, -0.05) is 0 Å². The van der Waals surface area contributed by atoms with Crippen molar-refractivity contribution in [2.75, 3.05) is 11.5 Å². The number of hydrogen-bond acceptors (Lipinski definition) is 3. The van der Waals surface area contributed by atoms with Crippen molar-refractivity contribution in [3.8, 4) is 0 Å². The number of aromatic nitrogens is 1. The molecular weight excluding hydrogens is 276 g/mol. The molecule has 1 saturated heterocycles.